The molecule has 0 amide bonds. The molecule has 0 atom stereocenters. The maximum absolute atomic E-state index is 13.0. The highest BCUT2D eigenvalue weighted by molar-refractivity contribution is 5.89. The number of ether oxygens (including phenoxy) is 2. The first-order valence-electron chi connectivity index (χ1n) is 13.4. The summed E-state index contributed by atoms with van der Waals surface area (Å²) in [7, 11) is 0. The number of alkyl halides is 2. The van der Waals surface area contributed by atoms with Gasteiger partial charge in [-0.2, -0.15) is 0 Å². The van der Waals surface area contributed by atoms with Crippen molar-refractivity contribution in [2.45, 2.75) is 116 Å². The lowest BCUT2D eigenvalue weighted by atomic mass is 10.1. The number of carboxylic acid groups (broad SMARTS) is 1. The first-order valence-corrected chi connectivity index (χ1v) is 13.4. The van der Waals surface area contributed by atoms with Gasteiger partial charge in [-0.1, -0.05) is 90.4 Å². The number of carboxylic acids is 1. The fraction of sp³-hybridized carbons (Fsp3) is 0.750. The topological polar surface area (TPSA) is 55.8 Å². The molecule has 0 aromatic heterocycles. The summed E-state index contributed by atoms with van der Waals surface area (Å²) in [5.41, 5.74) is -0.874. The third-order valence-corrected chi connectivity index (χ3v) is 6.08. The smallest absolute Gasteiger partial charge is 0.336 e. The molecule has 0 aliphatic heterocycles. The first kappa shape index (κ1) is 30.3. The van der Waals surface area contributed by atoms with Crippen molar-refractivity contribution in [1.82, 2.24) is 0 Å². The molecule has 0 aliphatic carbocycles. The molecular formula is C28H46F2O4. The molecule has 0 radical (unpaired) electrons. The Morgan fingerprint density at radius 3 is 1.71 bits per heavy atom. The fourth-order valence-electron chi connectivity index (χ4n) is 4.00. The number of hydrogen-bond donors (Lipinski definition) is 1. The standard InChI is InChI=1S/C28H46F2O4/c1-2-3-4-5-6-9-12-15-20-33-21-16-13-10-7-8-11-14-17-22-34-24-18-19-25(28(31)32)26(23-24)27(29)30/h18-19,23,27H,2-17,20-22H2,1H3,(H,31,32). The number of benzene rings is 1. The summed E-state index contributed by atoms with van der Waals surface area (Å²) in [5, 5.41) is 8.98. The van der Waals surface area contributed by atoms with Gasteiger partial charge in [0.25, 0.3) is 6.43 Å². The zero-order valence-electron chi connectivity index (χ0n) is 21.2. The summed E-state index contributed by atoms with van der Waals surface area (Å²) in [6, 6.07) is 3.75. The zero-order chi connectivity index (χ0) is 24.9. The van der Waals surface area contributed by atoms with Crippen LogP contribution in [-0.4, -0.2) is 30.9 Å². The summed E-state index contributed by atoms with van der Waals surface area (Å²) < 4.78 is 37.3. The van der Waals surface area contributed by atoms with Crippen molar-refractivity contribution in [3.05, 3.63) is 29.3 Å². The van der Waals surface area contributed by atoms with Gasteiger partial charge >= 0.3 is 5.97 Å². The maximum atomic E-state index is 13.0. The van der Waals surface area contributed by atoms with Crippen LogP contribution in [0.1, 0.15) is 132 Å². The van der Waals surface area contributed by atoms with E-state index in [1.807, 2.05) is 0 Å². The SMILES string of the molecule is CCCCCCCCCCOCCCCCCCCCCOc1ccc(C(=O)O)c(C(F)F)c1. The summed E-state index contributed by atoms with van der Waals surface area (Å²) in [6.07, 6.45) is 16.9. The Balaban J connectivity index is 1.88. The van der Waals surface area contributed by atoms with Gasteiger partial charge in [-0.05, 0) is 37.5 Å². The van der Waals surface area contributed by atoms with Crippen LogP contribution in [0.25, 0.3) is 0 Å². The summed E-state index contributed by atoms with van der Waals surface area (Å²) in [5.74, 6) is -1.06. The van der Waals surface area contributed by atoms with Crippen molar-refractivity contribution in [1.29, 1.82) is 0 Å². The Bertz CT molecular complexity index is 637. The van der Waals surface area contributed by atoms with E-state index >= 15 is 0 Å². The zero-order valence-corrected chi connectivity index (χ0v) is 21.2. The lowest BCUT2D eigenvalue weighted by Crippen LogP contribution is -2.04. The van der Waals surface area contributed by atoms with Crippen LogP contribution in [-0.2, 0) is 4.74 Å². The number of rotatable bonds is 23. The molecule has 0 aliphatic rings. The van der Waals surface area contributed by atoms with Gasteiger partial charge in [0.1, 0.15) is 5.75 Å². The molecule has 4 nitrogen and oxygen atoms in total. The fourth-order valence-corrected chi connectivity index (χ4v) is 4.00. The monoisotopic (exact) mass is 484 g/mol. The molecule has 1 rings (SSSR count). The van der Waals surface area contributed by atoms with Crippen molar-refractivity contribution in [2.24, 2.45) is 0 Å². The molecule has 0 unspecified atom stereocenters. The van der Waals surface area contributed by atoms with Gasteiger partial charge in [0.15, 0.2) is 0 Å². The van der Waals surface area contributed by atoms with Crippen molar-refractivity contribution in [3.63, 3.8) is 0 Å². The van der Waals surface area contributed by atoms with Crippen molar-refractivity contribution < 1.29 is 28.2 Å². The van der Waals surface area contributed by atoms with E-state index in [2.05, 4.69) is 6.92 Å². The van der Waals surface area contributed by atoms with Gasteiger partial charge in [-0.15, -0.1) is 0 Å². The number of carbonyl (C=O) groups is 1. The van der Waals surface area contributed by atoms with Crippen molar-refractivity contribution in [3.8, 4) is 5.75 Å². The number of hydrogen-bond acceptors (Lipinski definition) is 3. The second kappa shape index (κ2) is 20.7. The second-order valence-electron chi connectivity index (χ2n) is 9.12. The highest BCUT2D eigenvalue weighted by Crippen LogP contribution is 2.27. The molecule has 0 fully saturated rings. The van der Waals surface area contributed by atoms with E-state index in [0.717, 1.165) is 45.0 Å². The van der Waals surface area contributed by atoms with Gasteiger partial charge in [0.2, 0.25) is 0 Å². The molecule has 34 heavy (non-hydrogen) atoms. The van der Waals surface area contributed by atoms with E-state index in [9.17, 15) is 13.6 Å². The molecular weight excluding hydrogens is 438 g/mol. The maximum Gasteiger partial charge on any atom is 0.336 e. The minimum Gasteiger partial charge on any atom is -0.494 e. The summed E-state index contributed by atoms with van der Waals surface area (Å²) in [6.45, 7) is 4.49. The van der Waals surface area contributed by atoms with Crippen LogP contribution in [0.15, 0.2) is 18.2 Å². The van der Waals surface area contributed by atoms with E-state index in [1.54, 1.807) is 0 Å². The number of halogens is 2. The minimum atomic E-state index is -2.84. The van der Waals surface area contributed by atoms with Gasteiger partial charge in [-0.25, -0.2) is 13.6 Å². The Morgan fingerprint density at radius 1 is 0.765 bits per heavy atom. The van der Waals surface area contributed by atoms with E-state index in [4.69, 9.17) is 14.6 Å². The Hall–Kier alpha value is -1.69. The lowest BCUT2D eigenvalue weighted by molar-refractivity contribution is 0.0684. The molecule has 0 bridgehead atoms. The van der Waals surface area contributed by atoms with Crippen LogP contribution in [0.2, 0.25) is 0 Å². The number of aromatic carboxylic acids is 1. The van der Waals surface area contributed by atoms with Crippen LogP contribution in [0.4, 0.5) is 8.78 Å². The molecule has 6 heteroatoms. The third-order valence-electron chi connectivity index (χ3n) is 6.08. The van der Waals surface area contributed by atoms with Gasteiger partial charge in [0, 0.05) is 18.8 Å². The largest absolute Gasteiger partial charge is 0.494 e. The molecule has 1 aromatic rings. The molecule has 0 saturated heterocycles. The Morgan fingerprint density at radius 2 is 1.24 bits per heavy atom. The second-order valence-corrected chi connectivity index (χ2v) is 9.12. The molecule has 0 heterocycles. The average Bonchev–Trinajstić information content (AvgIpc) is 2.82. The Kier molecular flexibility index (Phi) is 18.4. The predicted octanol–water partition coefficient (Wildman–Crippen LogP) is 8.98. The average molecular weight is 485 g/mol. The van der Waals surface area contributed by atoms with Crippen LogP contribution < -0.4 is 4.74 Å². The van der Waals surface area contributed by atoms with Crippen molar-refractivity contribution >= 4 is 5.97 Å². The molecule has 0 spiro atoms. The van der Waals surface area contributed by atoms with Crippen LogP contribution in [0, 0.1) is 0 Å². The Labute approximate surface area is 205 Å². The van der Waals surface area contributed by atoms with Crippen LogP contribution in [0.3, 0.4) is 0 Å². The van der Waals surface area contributed by atoms with Crippen LogP contribution >= 0.6 is 0 Å². The highest BCUT2D eigenvalue weighted by atomic mass is 19.3. The predicted molar refractivity (Wildman–Crippen MR) is 134 cm³/mol. The van der Waals surface area contributed by atoms with E-state index in [-0.39, 0.29) is 5.56 Å². The molecule has 0 saturated carbocycles. The molecule has 1 aromatic carbocycles. The normalized spacial score (nSPS) is 11.3. The minimum absolute atomic E-state index is 0.296. The number of unbranched alkanes of at least 4 members (excludes halogenated alkanes) is 14. The van der Waals surface area contributed by atoms with Gasteiger partial charge in [0.05, 0.1) is 12.2 Å². The summed E-state index contributed by atoms with van der Waals surface area (Å²) >= 11 is 0. The van der Waals surface area contributed by atoms with E-state index < -0.39 is 18.0 Å². The van der Waals surface area contributed by atoms with Crippen molar-refractivity contribution in [2.75, 3.05) is 19.8 Å². The highest BCUT2D eigenvalue weighted by Gasteiger charge is 2.18. The summed E-state index contributed by atoms with van der Waals surface area (Å²) in [4.78, 5) is 11.0. The quantitative estimate of drug-likeness (QED) is 0.157. The first-order chi connectivity index (χ1) is 16.6. The third kappa shape index (κ3) is 15.3. The van der Waals surface area contributed by atoms with Crippen LogP contribution in [0.5, 0.6) is 5.75 Å². The van der Waals surface area contributed by atoms with E-state index in [1.165, 1.54) is 89.2 Å². The van der Waals surface area contributed by atoms with E-state index in [0.29, 0.717) is 12.4 Å². The molecule has 196 valence electrons. The van der Waals surface area contributed by atoms with Gasteiger partial charge < -0.3 is 14.6 Å². The van der Waals surface area contributed by atoms with Gasteiger partial charge in [-0.3, -0.25) is 0 Å². The molecule has 1 N–H and O–H groups in total. The lowest BCUT2D eigenvalue weighted by Gasteiger charge is -2.10.